The van der Waals surface area contributed by atoms with Crippen LogP contribution in [0.15, 0.2) is 34.1 Å². The maximum Gasteiger partial charge on any atom is 0.332 e. The lowest BCUT2D eigenvalue weighted by molar-refractivity contribution is -0.120. The lowest BCUT2D eigenvalue weighted by Gasteiger charge is -2.08. The van der Waals surface area contributed by atoms with Crippen LogP contribution in [0.25, 0.3) is 11.2 Å². The van der Waals surface area contributed by atoms with Crippen LogP contribution in [0.5, 0.6) is 0 Å². The van der Waals surface area contributed by atoms with E-state index in [-0.39, 0.29) is 29.5 Å². The molecule has 0 unspecified atom stereocenters. The van der Waals surface area contributed by atoms with Gasteiger partial charge in [0.25, 0.3) is 5.56 Å². The summed E-state index contributed by atoms with van der Waals surface area (Å²) in [6.07, 6.45) is 1.51. The number of nitrogens with zero attached hydrogens (tertiary/aromatic N) is 4. The Hall–Kier alpha value is -2.94. The van der Waals surface area contributed by atoms with E-state index >= 15 is 0 Å². The molecule has 0 bridgehead atoms. The fraction of sp³-hybridized carbons (Fsp3) is 0.294. The molecule has 1 aromatic carbocycles. The number of hydrogen-bond donors (Lipinski definition) is 1. The second kappa shape index (κ2) is 7.36. The van der Waals surface area contributed by atoms with E-state index in [9.17, 15) is 18.8 Å². The average molecular weight is 394 g/mol. The van der Waals surface area contributed by atoms with Gasteiger partial charge in [0.2, 0.25) is 5.91 Å². The molecule has 1 N–H and O–H groups in total. The van der Waals surface area contributed by atoms with Crippen LogP contribution in [0.1, 0.15) is 5.56 Å². The molecule has 8 nitrogen and oxygen atoms in total. The number of carbonyl (C=O) groups excluding carboxylic acids is 1. The molecular weight excluding hydrogens is 377 g/mol. The molecule has 1 amide bonds. The number of nitrogens with one attached hydrogen (secondary N) is 1. The summed E-state index contributed by atoms with van der Waals surface area (Å²) in [6.45, 7) is 0.561. The summed E-state index contributed by atoms with van der Waals surface area (Å²) >= 11 is 5.70. The van der Waals surface area contributed by atoms with Gasteiger partial charge in [-0.3, -0.25) is 18.7 Å². The maximum atomic E-state index is 13.1. The number of fused-ring (bicyclic) bond motifs is 1. The van der Waals surface area contributed by atoms with Gasteiger partial charge < -0.3 is 9.88 Å². The molecule has 2 aromatic heterocycles. The first kappa shape index (κ1) is 18.8. The second-order valence-electron chi connectivity index (χ2n) is 6.09. The van der Waals surface area contributed by atoms with Crippen molar-refractivity contribution in [3.63, 3.8) is 0 Å². The maximum absolute atomic E-state index is 13.1. The van der Waals surface area contributed by atoms with Crippen LogP contribution in [0.2, 0.25) is 5.02 Å². The first-order chi connectivity index (χ1) is 12.8. The standard InChI is InChI=1S/C17H17ClFN5O3/c1-22-15-14(16(26)23(2)17(22)27)24(9-21-15)6-5-20-13(25)8-10-3-4-12(19)11(18)7-10/h3-4,7,9H,5-6,8H2,1-2H3,(H,20,25). The van der Waals surface area contributed by atoms with Crippen molar-refractivity contribution in [2.24, 2.45) is 14.1 Å². The minimum absolute atomic E-state index is 0.0355. The zero-order valence-corrected chi connectivity index (χ0v) is 15.5. The molecule has 142 valence electrons. The Bertz CT molecular complexity index is 1150. The number of imidazole rings is 1. The summed E-state index contributed by atoms with van der Waals surface area (Å²) < 4.78 is 17.0. The fourth-order valence-corrected chi connectivity index (χ4v) is 2.98. The van der Waals surface area contributed by atoms with Crippen molar-refractivity contribution in [2.45, 2.75) is 13.0 Å². The van der Waals surface area contributed by atoms with Gasteiger partial charge in [-0.05, 0) is 17.7 Å². The molecule has 27 heavy (non-hydrogen) atoms. The van der Waals surface area contributed by atoms with E-state index in [4.69, 9.17) is 11.6 Å². The molecule has 0 radical (unpaired) electrons. The Morgan fingerprint density at radius 3 is 2.70 bits per heavy atom. The monoisotopic (exact) mass is 393 g/mol. The molecule has 0 spiro atoms. The third kappa shape index (κ3) is 3.63. The highest BCUT2D eigenvalue weighted by Gasteiger charge is 2.14. The van der Waals surface area contributed by atoms with E-state index in [0.717, 1.165) is 4.57 Å². The fourth-order valence-electron chi connectivity index (χ4n) is 2.78. The van der Waals surface area contributed by atoms with Gasteiger partial charge in [-0.2, -0.15) is 0 Å². The van der Waals surface area contributed by atoms with E-state index in [1.165, 1.54) is 43.2 Å². The third-order valence-corrected chi connectivity index (χ3v) is 4.53. The van der Waals surface area contributed by atoms with E-state index in [0.29, 0.717) is 17.6 Å². The Morgan fingerprint density at radius 2 is 2.00 bits per heavy atom. The topological polar surface area (TPSA) is 90.9 Å². The Labute approximate surface area is 157 Å². The minimum Gasteiger partial charge on any atom is -0.354 e. The van der Waals surface area contributed by atoms with Crippen molar-refractivity contribution in [3.8, 4) is 0 Å². The lowest BCUT2D eigenvalue weighted by atomic mass is 10.1. The van der Waals surface area contributed by atoms with E-state index in [1.807, 2.05) is 0 Å². The van der Waals surface area contributed by atoms with Crippen molar-refractivity contribution < 1.29 is 9.18 Å². The van der Waals surface area contributed by atoms with Gasteiger partial charge in [-0.1, -0.05) is 17.7 Å². The number of aryl methyl sites for hydroxylation is 1. The first-order valence-electron chi connectivity index (χ1n) is 8.11. The van der Waals surface area contributed by atoms with Crippen LogP contribution in [0, 0.1) is 5.82 Å². The Kier molecular flexibility index (Phi) is 5.13. The van der Waals surface area contributed by atoms with Gasteiger partial charge in [0.1, 0.15) is 5.82 Å². The smallest absolute Gasteiger partial charge is 0.332 e. The van der Waals surface area contributed by atoms with Crippen LogP contribution in [-0.4, -0.2) is 31.1 Å². The first-order valence-corrected chi connectivity index (χ1v) is 8.49. The second-order valence-corrected chi connectivity index (χ2v) is 6.50. The Balaban J connectivity index is 1.69. The molecule has 10 heteroatoms. The molecule has 0 saturated carbocycles. The SMILES string of the molecule is Cn1c(=O)c2c(ncn2CCNC(=O)Cc2ccc(F)c(Cl)c2)n(C)c1=O. The Morgan fingerprint density at radius 1 is 1.26 bits per heavy atom. The number of amides is 1. The summed E-state index contributed by atoms with van der Waals surface area (Å²) in [5.74, 6) is -0.800. The van der Waals surface area contributed by atoms with Gasteiger partial charge in [-0.15, -0.1) is 0 Å². The molecule has 0 fully saturated rings. The predicted octanol–water partition coefficient (Wildman–Crippen LogP) is 0.585. The summed E-state index contributed by atoms with van der Waals surface area (Å²) in [6, 6.07) is 4.11. The zero-order valence-electron chi connectivity index (χ0n) is 14.7. The molecule has 0 saturated heterocycles. The molecule has 0 atom stereocenters. The van der Waals surface area contributed by atoms with Gasteiger partial charge in [-0.25, -0.2) is 14.2 Å². The number of carbonyl (C=O) groups is 1. The number of rotatable bonds is 5. The van der Waals surface area contributed by atoms with Crippen LogP contribution in [-0.2, 0) is 31.9 Å². The van der Waals surface area contributed by atoms with Crippen molar-refractivity contribution in [1.29, 1.82) is 0 Å². The number of aromatic nitrogens is 4. The van der Waals surface area contributed by atoms with Crippen molar-refractivity contribution in [2.75, 3.05) is 6.54 Å². The highest BCUT2D eigenvalue weighted by atomic mass is 35.5. The highest BCUT2D eigenvalue weighted by molar-refractivity contribution is 6.30. The van der Waals surface area contributed by atoms with Crippen LogP contribution in [0.4, 0.5) is 4.39 Å². The van der Waals surface area contributed by atoms with E-state index in [2.05, 4.69) is 10.3 Å². The number of benzene rings is 1. The van der Waals surface area contributed by atoms with Crippen LogP contribution >= 0.6 is 11.6 Å². The zero-order chi connectivity index (χ0) is 19.7. The van der Waals surface area contributed by atoms with Gasteiger partial charge >= 0.3 is 5.69 Å². The molecule has 0 aliphatic heterocycles. The van der Waals surface area contributed by atoms with Crippen LogP contribution in [0.3, 0.4) is 0 Å². The van der Waals surface area contributed by atoms with E-state index in [1.54, 1.807) is 4.57 Å². The largest absolute Gasteiger partial charge is 0.354 e. The summed E-state index contributed by atoms with van der Waals surface area (Å²) in [7, 11) is 2.94. The quantitative estimate of drug-likeness (QED) is 0.686. The third-order valence-electron chi connectivity index (χ3n) is 4.24. The summed E-state index contributed by atoms with van der Waals surface area (Å²) in [5, 5.41) is 2.69. The summed E-state index contributed by atoms with van der Waals surface area (Å²) in [5.41, 5.74) is 0.271. The highest BCUT2D eigenvalue weighted by Crippen LogP contribution is 2.16. The molecule has 3 rings (SSSR count). The van der Waals surface area contributed by atoms with Crippen LogP contribution < -0.4 is 16.6 Å². The molecule has 2 heterocycles. The van der Waals surface area contributed by atoms with Gasteiger partial charge in [0.05, 0.1) is 17.8 Å². The summed E-state index contributed by atoms with van der Waals surface area (Å²) in [4.78, 5) is 40.4. The lowest BCUT2D eigenvalue weighted by Crippen LogP contribution is -2.38. The average Bonchev–Trinajstić information content (AvgIpc) is 3.05. The van der Waals surface area contributed by atoms with Crippen molar-refractivity contribution in [3.05, 3.63) is 61.8 Å². The molecule has 0 aliphatic carbocycles. The normalized spacial score (nSPS) is 11.1. The molecule has 0 aliphatic rings. The van der Waals surface area contributed by atoms with Gasteiger partial charge in [0.15, 0.2) is 11.2 Å². The van der Waals surface area contributed by atoms with E-state index < -0.39 is 17.1 Å². The number of hydrogen-bond acceptors (Lipinski definition) is 4. The predicted molar refractivity (Wildman–Crippen MR) is 98.3 cm³/mol. The number of halogens is 2. The molecule has 3 aromatic rings. The minimum atomic E-state index is -0.538. The van der Waals surface area contributed by atoms with Crippen molar-refractivity contribution in [1.82, 2.24) is 24.0 Å². The van der Waals surface area contributed by atoms with Crippen molar-refractivity contribution >= 4 is 28.7 Å². The molecular formula is C17H17ClFN5O3. The van der Waals surface area contributed by atoms with Gasteiger partial charge in [0, 0.05) is 27.2 Å².